The van der Waals surface area contributed by atoms with Gasteiger partial charge in [0.1, 0.15) is 11.3 Å². The first kappa shape index (κ1) is 30.7. The summed E-state index contributed by atoms with van der Waals surface area (Å²) >= 11 is 0. The number of carboxylic acids is 1. The normalized spacial score (nSPS) is 42.1. The first-order valence-corrected chi connectivity index (χ1v) is 16.0. The Hall–Kier alpha value is -3.32. The lowest BCUT2D eigenvalue weighted by Gasteiger charge is -2.70. The van der Waals surface area contributed by atoms with Crippen molar-refractivity contribution in [2.75, 3.05) is 7.11 Å². The van der Waals surface area contributed by atoms with E-state index in [1.807, 2.05) is 19.9 Å². The van der Waals surface area contributed by atoms with Crippen molar-refractivity contribution in [1.29, 1.82) is 0 Å². The summed E-state index contributed by atoms with van der Waals surface area (Å²) in [5, 5.41) is 14.6. The molecule has 1 amide bonds. The first-order valence-electron chi connectivity index (χ1n) is 16.0. The number of allylic oxidation sites excluding steroid dienone is 4. The van der Waals surface area contributed by atoms with E-state index in [2.05, 4.69) is 50.4 Å². The molecule has 0 radical (unpaired) electrons. The molecule has 3 saturated carbocycles. The number of fused-ring (bicyclic) bond motifs is 7. The predicted octanol–water partition coefficient (Wildman–Crippen LogP) is 7.06. The minimum atomic E-state index is -1.14. The van der Waals surface area contributed by atoms with Gasteiger partial charge in [0.25, 0.3) is 5.91 Å². The number of aliphatic carboxylic acids is 1. The Labute approximate surface area is 260 Å². The Kier molecular flexibility index (Phi) is 6.86. The molecule has 1 aromatic carbocycles. The maximum atomic E-state index is 13.8. The monoisotopic (exact) mass is 598 g/mol. The number of ketones is 1. The largest absolute Gasteiger partial charge is 0.481 e. The van der Waals surface area contributed by atoms with Gasteiger partial charge in [0.2, 0.25) is 5.78 Å². The Morgan fingerprint density at radius 1 is 0.909 bits per heavy atom. The van der Waals surface area contributed by atoms with E-state index in [1.165, 1.54) is 5.57 Å². The maximum Gasteiger partial charge on any atom is 0.309 e. The lowest BCUT2D eigenvalue weighted by Crippen LogP contribution is -2.62. The molecule has 3 fully saturated rings. The number of carbonyl (C=O) groups is 3. The molecule has 7 nitrogen and oxygen atoms in total. The Morgan fingerprint density at radius 3 is 2.25 bits per heavy atom. The van der Waals surface area contributed by atoms with Gasteiger partial charge in [-0.15, -0.1) is 0 Å². The third kappa shape index (κ3) is 4.03. The van der Waals surface area contributed by atoms with Gasteiger partial charge in [0.15, 0.2) is 0 Å². The van der Waals surface area contributed by atoms with E-state index < -0.39 is 22.9 Å². The van der Waals surface area contributed by atoms with E-state index >= 15 is 0 Å². The van der Waals surface area contributed by atoms with Crippen molar-refractivity contribution in [3.63, 3.8) is 0 Å². The fourth-order valence-corrected chi connectivity index (χ4v) is 9.92. The topological polar surface area (TPSA) is 105 Å². The van der Waals surface area contributed by atoms with Gasteiger partial charge in [-0.05, 0) is 110 Å². The molecule has 2 N–H and O–H groups in total. The van der Waals surface area contributed by atoms with E-state index in [0.29, 0.717) is 12.0 Å². The molecule has 234 valence electrons. The summed E-state index contributed by atoms with van der Waals surface area (Å²) in [6.07, 6.45) is 12.4. The van der Waals surface area contributed by atoms with Crippen molar-refractivity contribution in [2.45, 2.75) is 92.1 Å². The Morgan fingerprint density at radius 2 is 1.59 bits per heavy atom. The molecular formula is C37H46N2O5. The van der Waals surface area contributed by atoms with Crippen LogP contribution in [0.15, 0.2) is 70.4 Å². The number of hydrazone groups is 1. The molecule has 0 aromatic heterocycles. The number of hydrogen-bond donors (Lipinski definition) is 2. The Bertz CT molecular complexity index is 1570. The van der Waals surface area contributed by atoms with Gasteiger partial charge in [-0.1, -0.05) is 63.6 Å². The number of rotatable bonds is 4. The number of nitrogens with zero attached hydrogens (tertiary/aromatic N) is 1. The van der Waals surface area contributed by atoms with Crippen LogP contribution in [0.2, 0.25) is 0 Å². The molecule has 1 aromatic rings. The highest BCUT2D eigenvalue weighted by Crippen LogP contribution is 2.75. The van der Waals surface area contributed by atoms with E-state index in [-0.39, 0.29) is 39.1 Å². The summed E-state index contributed by atoms with van der Waals surface area (Å²) in [6.45, 7) is 13.3. The third-order valence-electron chi connectivity index (χ3n) is 13.3. The molecule has 0 unspecified atom stereocenters. The molecule has 6 rings (SSSR count). The van der Waals surface area contributed by atoms with E-state index in [4.69, 9.17) is 4.74 Å². The second-order valence-corrected chi connectivity index (χ2v) is 15.4. The molecule has 5 aliphatic carbocycles. The van der Waals surface area contributed by atoms with Crippen LogP contribution in [0.4, 0.5) is 0 Å². The number of nitrogens with one attached hydrogen (secondary N) is 1. The second kappa shape index (κ2) is 9.84. The maximum absolute atomic E-state index is 13.8. The van der Waals surface area contributed by atoms with Crippen LogP contribution < -0.4 is 5.43 Å². The van der Waals surface area contributed by atoms with E-state index in [9.17, 15) is 19.5 Å². The second-order valence-electron chi connectivity index (χ2n) is 15.4. The molecule has 0 spiro atoms. The van der Waals surface area contributed by atoms with E-state index in [1.54, 1.807) is 37.5 Å². The fourth-order valence-electron chi connectivity index (χ4n) is 9.92. The van der Waals surface area contributed by atoms with Crippen LogP contribution in [0, 0.1) is 33.0 Å². The summed E-state index contributed by atoms with van der Waals surface area (Å²) < 4.78 is 6.08. The molecule has 0 bridgehead atoms. The molecule has 0 heterocycles. The zero-order chi connectivity index (χ0) is 31.9. The minimum Gasteiger partial charge on any atom is -0.481 e. The number of amides is 1. The van der Waals surface area contributed by atoms with Gasteiger partial charge < -0.3 is 9.84 Å². The van der Waals surface area contributed by atoms with Gasteiger partial charge in [-0.3, -0.25) is 14.4 Å². The van der Waals surface area contributed by atoms with Crippen molar-refractivity contribution < 1.29 is 24.2 Å². The number of carboxylic acid groups (broad SMARTS) is 1. The number of hydrogen-bond acceptors (Lipinski definition) is 5. The average Bonchev–Trinajstić information content (AvgIpc) is 3.00. The summed E-state index contributed by atoms with van der Waals surface area (Å²) in [7, 11) is 1.58. The quantitative estimate of drug-likeness (QED) is 0.361. The molecule has 5 aliphatic rings. The highest BCUT2D eigenvalue weighted by atomic mass is 16.5. The lowest BCUT2D eigenvalue weighted by atomic mass is 9.34. The summed E-state index contributed by atoms with van der Waals surface area (Å²) in [4.78, 5) is 39.0. The van der Waals surface area contributed by atoms with Gasteiger partial charge in [0, 0.05) is 18.1 Å². The van der Waals surface area contributed by atoms with Crippen LogP contribution >= 0.6 is 0 Å². The van der Waals surface area contributed by atoms with Gasteiger partial charge in [-0.25, -0.2) is 5.43 Å². The average molecular weight is 599 g/mol. The van der Waals surface area contributed by atoms with Crippen LogP contribution in [0.25, 0.3) is 0 Å². The van der Waals surface area contributed by atoms with Crippen molar-refractivity contribution in [3.05, 3.63) is 70.8 Å². The summed E-state index contributed by atoms with van der Waals surface area (Å²) in [5.74, 6) is -1.05. The van der Waals surface area contributed by atoms with Crippen LogP contribution in [0.5, 0.6) is 0 Å². The third-order valence-corrected chi connectivity index (χ3v) is 13.3. The van der Waals surface area contributed by atoms with Crippen molar-refractivity contribution in [2.24, 2.45) is 38.1 Å². The van der Waals surface area contributed by atoms with Crippen LogP contribution in [-0.4, -0.2) is 41.2 Å². The highest BCUT2D eigenvalue weighted by molar-refractivity contribution is 6.49. The number of benzene rings is 1. The zero-order valence-corrected chi connectivity index (χ0v) is 27.2. The van der Waals surface area contributed by atoms with Gasteiger partial charge in [-0.2, -0.15) is 5.10 Å². The highest BCUT2D eigenvalue weighted by Gasteiger charge is 2.68. The van der Waals surface area contributed by atoms with Gasteiger partial charge >= 0.3 is 5.97 Å². The number of methoxy groups -OCH3 is 1. The van der Waals surface area contributed by atoms with Crippen LogP contribution in [0.1, 0.15) is 96.8 Å². The lowest BCUT2D eigenvalue weighted by molar-refractivity contribution is -0.178. The SMILES string of the molecule is CO[C@@]1(C)C2=CC=C3[C@@](C)(CC[C@@]4(C)[C@@H]5C[C@](C)(C(=O)O)CC[C@]5(C)CC[C@]34C)C2=CC(=O)C1=NNC(=O)c1ccccc1. The summed E-state index contributed by atoms with van der Waals surface area (Å²) in [5.41, 5.74) is 4.03. The molecule has 7 atom stereocenters. The molecule has 0 aliphatic heterocycles. The van der Waals surface area contributed by atoms with Crippen LogP contribution in [-0.2, 0) is 14.3 Å². The first-order chi connectivity index (χ1) is 20.6. The van der Waals surface area contributed by atoms with Crippen molar-refractivity contribution in [1.82, 2.24) is 5.43 Å². The zero-order valence-electron chi connectivity index (χ0n) is 27.2. The van der Waals surface area contributed by atoms with Crippen LogP contribution in [0.3, 0.4) is 0 Å². The number of ether oxygens (including phenoxy) is 1. The number of carbonyl (C=O) groups excluding carboxylic acids is 2. The van der Waals surface area contributed by atoms with Gasteiger partial charge in [0.05, 0.1) is 5.41 Å². The molecule has 7 heteroatoms. The molecule has 44 heavy (non-hydrogen) atoms. The Balaban J connectivity index is 1.41. The van der Waals surface area contributed by atoms with Crippen molar-refractivity contribution >= 4 is 23.4 Å². The smallest absolute Gasteiger partial charge is 0.309 e. The predicted molar refractivity (Wildman–Crippen MR) is 170 cm³/mol. The molecule has 0 saturated heterocycles. The minimum absolute atomic E-state index is 0.0774. The van der Waals surface area contributed by atoms with E-state index in [0.717, 1.165) is 49.7 Å². The molecular weight excluding hydrogens is 552 g/mol. The van der Waals surface area contributed by atoms with Crippen molar-refractivity contribution in [3.8, 4) is 0 Å². The fraction of sp³-hybridized carbons (Fsp3) is 0.568. The summed E-state index contributed by atoms with van der Waals surface area (Å²) in [6, 6.07) is 8.79. The standard InChI is InChI=1S/C37H46N2O5/c1-32-15-16-33(2,31(42)43)22-28(32)36(5)20-18-34(3)25-21-26(40)29(38-39-30(41)23-11-9-8-10-12-23)37(6,44-7)24(25)13-14-27(34)35(36,4)19-17-32/h8-14,21,28H,15-20,22H2,1-7H3,(H,39,41)(H,42,43)/t28-,32-,33-,34+,35-,36+,37+/m1/s1.